The van der Waals surface area contributed by atoms with Gasteiger partial charge in [0.15, 0.2) is 0 Å². The molecular formula is C35H69NO4. The maximum absolute atomic E-state index is 12.3. The van der Waals surface area contributed by atoms with Gasteiger partial charge in [-0.05, 0) is 12.8 Å². The fraction of sp³-hybridized carbons (Fsp3) is 0.943. The van der Waals surface area contributed by atoms with Crippen molar-refractivity contribution < 1.29 is 19.1 Å². The van der Waals surface area contributed by atoms with Gasteiger partial charge in [-0.15, -0.1) is 0 Å². The molecule has 0 aromatic heterocycles. The van der Waals surface area contributed by atoms with Crippen molar-refractivity contribution in [2.45, 2.75) is 206 Å². The summed E-state index contributed by atoms with van der Waals surface area (Å²) in [6, 6.07) is 0. The largest absolute Gasteiger partial charge is 0.421 e. The van der Waals surface area contributed by atoms with E-state index in [9.17, 15) is 9.59 Å². The zero-order valence-corrected chi connectivity index (χ0v) is 27.2. The molecule has 40 heavy (non-hydrogen) atoms. The van der Waals surface area contributed by atoms with Crippen LogP contribution in [0, 0.1) is 0 Å². The Morgan fingerprint density at radius 1 is 0.450 bits per heavy atom. The number of rotatable bonds is 31. The zero-order valence-electron chi connectivity index (χ0n) is 27.2. The summed E-state index contributed by atoms with van der Waals surface area (Å²) >= 11 is 0. The minimum atomic E-state index is -1.36. The van der Waals surface area contributed by atoms with Crippen molar-refractivity contribution in [3.63, 3.8) is 0 Å². The average Bonchev–Trinajstić information content (AvgIpc) is 2.93. The molecule has 5 nitrogen and oxygen atoms in total. The first-order valence-corrected chi connectivity index (χ1v) is 17.6. The minimum absolute atomic E-state index is 0.0261. The lowest BCUT2D eigenvalue weighted by atomic mass is 10.0. The number of hydrogen-bond acceptors (Lipinski definition) is 5. The van der Waals surface area contributed by atoms with E-state index in [0.717, 1.165) is 38.5 Å². The van der Waals surface area contributed by atoms with E-state index in [1.807, 2.05) is 0 Å². The third-order valence-corrected chi connectivity index (χ3v) is 8.00. The molecule has 0 spiro atoms. The molecule has 238 valence electrons. The van der Waals surface area contributed by atoms with E-state index in [-0.39, 0.29) is 18.5 Å². The first-order chi connectivity index (χ1) is 19.5. The van der Waals surface area contributed by atoms with Crippen LogP contribution in [0.25, 0.3) is 0 Å². The minimum Gasteiger partial charge on any atom is -0.421 e. The number of unbranched alkanes of at least 4 members (excludes halogenated alkanes) is 24. The highest BCUT2D eigenvalue weighted by molar-refractivity contribution is 5.72. The van der Waals surface area contributed by atoms with Crippen LogP contribution in [0.2, 0.25) is 0 Å². The highest BCUT2D eigenvalue weighted by Crippen LogP contribution is 2.18. The zero-order chi connectivity index (χ0) is 29.6. The smallest absolute Gasteiger partial charge is 0.309 e. The normalized spacial score (nSPS) is 11.6. The van der Waals surface area contributed by atoms with E-state index in [0.29, 0.717) is 12.8 Å². The van der Waals surface area contributed by atoms with Gasteiger partial charge in [0.2, 0.25) is 0 Å². The molecule has 2 N–H and O–H groups in total. The van der Waals surface area contributed by atoms with Crippen LogP contribution >= 0.6 is 0 Å². The first-order valence-electron chi connectivity index (χ1n) is 17.6. The highest BCUT2D eigenvalue weighted by atomic mass is 16.7. The highest BCUT2D eigenvalue weighted by Gasteiger charge is 2.31. The second-order valence-electron chi connectivity index (χ2n) is 12.3. The standard InChI is InChI=1S/C35H69NO4/c1-4-6-8-10-12-14-16-18-20-22-24-26-28-30-33(37)39-35(3,32-36)40-34(38)31-29-27-25-23-21-19-17-15-13-11-9-7-5-2/h4-32,36H2,1-3H3. The predicted molar refractivity (Wildman–Crippen MR) is 170 cm³/mol. The van der Waals surface area contributed by atoms with Crippen molar-refractivity contribution in [2.75, 3.05) is 6.54 Å². The number of ether oxygens (including phenoxy) is 2. The Balaban J connectivity index is 3.69. The molecule has 0 aromatic rings. The molecule has 0 saturated heterocycles. The number of hydrogen-bond donors (Lipinski definition) is 1. The third kappa shape index (κ3) is 27.1. The Morgan fingerprint density at radius 3 is 0.900 bits per heavy atom. The van der Waals surface area contributed by atoms with Crippen molar-refractivity contribution in [2.24, 2.45) is 5.73 Å². The Labute approximate surface area is 249 Å². The molecule has 0 aromatic carbocycles. The van der Waals surface area contributed by atoms with Gasteiger partial charge < -0.3 is 15.2 Å². The van der Waals surface area contributed by atoms with Gasteiger partial charge in [0.1, 0.15) is 0 Å². The van der Waals surface area contributed by atoms with Crippen LogP contribution in [0.3, 0.4) is 0 Å². The van der Waals surface area contributed by atoms with Gasteiger partial charge in [-0.25, -0.2) is 0 Å². The van der Waals surface area contributed by atoms with E-state index in [2.05, 4.69) is 13.8 Å². The van der Waals surface area contributed by atoms with Crippen LogP contribution in [-0.2, 0) is 19.1 Å². The summed E-state index contributed by atoms with van der Waals surface area (Å²) in [5, 5.41) is 0. The van der Waals surface area contributed by atoms with Crippen LogP contribution < -0.4 is 5.73 Å². The third-order valence-electron chi connectivity index (χ3n) is 8.00. The number of esters is 2. The maximum atomic E-state index is 12.3. The van der Waals surface area contributed by atoms with Gasteiger partial charge in [0, 0.05) is 19.8 Å². The summed E-state index contributed by atoms with van der Waals surface area (Å²) in [4.78, 5) is 24.6. The SMILES string of the molecule is CCCCCCCCCCCCCCCC(=O)OC(C)(CN)OC(=O)CCCCCCCCCCCCCCC. The van der Waals surface area contributed by atoms with Crippen molar-refractivity contribution >= 4 is 11.9 Å². The Bertz CT molecular complexity index is 522. The van der Waals surface area contributed by atoms with Crippen LogP contribution in [-0.4, -0.2) is 24.3 Å². The van der Waals surface area contributed by atoms with E-state index < -0.39 is 5.79 Å². The molecule has 0 aliphatic heterocycles. The summed E-state index contributed by atoms with van der Waals surface area (Å²) in [6.45, 7) is 6.09. The molecule has 0 unspecified atom stereocenters. The second kappa shape index (κ2) is 29.4. The lowest BCUT2D eigenvalue weighted by Crippen LogP contribution is -2.43. The van der Waals surface area contributed by atoms with Crippen LogP contribution in [0.4, 0.5) is 0 Å². The van der Waals surface area contributed by atoms with Crippen molar-refractivity contribution in [3.05, 3.63) is 0 Å². The Kier molecular flexibility index (Phi) is 28.6. The molecule has 0 fully saturated rings. The molecule has 5 heteroatoms. The second-order valence-corrected chi connectivity index (χ2v) is 12.3. The lowest BCUT2D eigenvalue weighted by Gasteiger charge is -2.27. The number of carbonyl (C=O) groups excluding carboxylic acids is 2. The number of nitrogens with two attached hydrogens (primary N) is 1. The monoisotopic (exact) mass is 568 g/mol. The number of carbonyl (C=O) groups is 2. The van der Waals surface area contributed by atoms with Crippen molar-refractivity contribution in [3.8, 4) is 0 Å². The van der Waals surface area contributed by atoms with Crippen molar-refractivity contribution in [1.29, 1.82) is 0 Å². The maximum Gasteiger partial charge on any atom is 0.309 e. The van der Waals surface area contributed by atoms with Gasteiger partial charge in [-0.3, -0.25) is 9.59 Å². The summed E-state index contributed by atoms with van der Waals surface area (Å²) in [6.07, 6.45) is 33.6. The molecule has 0 saturated carbocycles. The Morgan fingerprint density at radius 2 is 0.675 bits per heavy atom. The van der Waals surface area contributed by atoms with Crippen molar-refractivity contribution in [1.82, 2.24) is 0 Å². The topological polar surface area (TPSA) is 78.6 Å². The summed E-state index contributed by atoms with van der Waals surface area (Å²) in [5.41, 5.74) is 5.80. The molecule has 0 radical (unpaired) electrons. The molecular weight excluding hydrogens is 498 g/mol. The quantitative estimate of drug-likeness (QED) is 0.0512. The van der Waals surface area contributed by atoms with Gasteiger partial charge in [-0.1, -0.05) is 168 Å². The van der Waals surface area contributed by atoms with E-state index in [4.69, 9.17) is 15.2 Å². The molecule has 0 amide bonds. The van der Waals surface area contributed by atoms with E-state index in [1.54, 1.807) is 6.92 Å². The summed E-state index contributed by atoms with van der Waals surface area (Å²) in [7, 11) is 0. The fourth-order valence-corrected chi connectivity index (χ4v) is 5.26. The molecule has 0 aliphatic rings. The fourth-order valence-electron chi connectivity index (χ4n) is 5.26. The van der Waals surface area contributed by atoms with Crippen LogP contribution in [0.15, 0.2) is 0 Å². The Hall–Kier alpha value is -1.10. The van der Waals surface area contributed by atoms with Crippen LogP contribution in [0.5, 0.6) is 0 Å². The van der Waals surface area contributed by atoms with E-state index in [1.165, 1.54) is 128 Å². The van der Waals surface area contributed by atoms with Gasteiger partial charge in [-0.2, -0.15) is 0 Å². The summed E-state index contributed by atoms with van der Waals surface area (Å²) < 4.78 is 11.0. The summed E-state index contributed by atoms with van der Waals surface area (Å²) in [5.74, 6) is -2.02. The van der Waals surface area contributed by atoms with E-state index >= 15 is 0 Å². The lowest BCUT2D eigenvalue weighted by molar-refractivity contribution is -0.219. The predicted octanol–water partition coefficient (Wildman–Crippen LogP) is 10.7. The molecule has 0 atom stereocenters. The first kappa shape index (κ1) is 38.9. The molecule has 0 aliphatic carbocycles. The molecule has 0 heterocycles. The van der Waals surface area contributed by atoms with Gasteiger partial charge in [0.25, 0.3) is 5.79 Å². The molecule has 0 bridgehead atoms. The average molecular weight is 568 g/mol. The van der Waals surface area contributed by atoms with Gasteiger partial charge in [0.05, 0.1) is 6.54 Å². The van der Waals surface area contributed by atoms with Gasteiger partial charge >= 0.3 is 11.9 Å². The van der Waals surface area contributed by atoms with Crippen LogP contribution in [0.1, 0.15) is 201 Å². The molecule has 0 rings (SSSR count).